The summed E-state index contributed by atoms with van der Waals surface area (Å²) in [5, 5.41) is 4.25. The summed E-state index contributed by atoms with van der Waals surface area (Å²) < 4.78 is 14.9. The summed E-state index contributed by atoms with van der Waals surface area (Å²) in [6.45, 7) is 11.6. The van der Waals surface area contributed by atoms with Gasteiger partial charge in [0.1, 0.15) is 11.4 Å². The van der Waals surface area contributed by atoms with E-state index in [1.165, 1.54) is 11.1 Å². The molecule has 1 aromatic carbocycles. The second-order valence-electron chi connectivity index (χ2n) is 10.2. The molecule has 6 nitrogen and oxygen atoms in total. The van der Waals surface area contributed by atoms with E-state index in [1.54, 1.807) is 10.9 Å². The van der Waals surface area contributed by atoms with E-state index in [0.29, 0.717) is 11.5 Å². The summed E-state index contributed by atoms with van der Waals surface area (Å²) in [6, 6.07) is 6.45. The highest BCUT2D eigenvalue weighted by Crippen LogP contribution is 2.55. The fourth-order valence-electron chi connectivity index (χ4n) is 5.62. The first-order valence-electron chi connectivity index (χ1n) is 11.5. The Morgan fingerprint density at radius 1 is 1.26 bits per heavy atom. The zero-order chi connectivity index (χ0) is 21.8. The fraction of sp³-hybridized carbons (Fsp3) is 0.600. The number of carbonyl (C=O) groups excluding carboxylic acids is 1. The van der Waals surface area contributed by atoms with Crippen molar-refractivity contribution in [2.75, 3.05) is 19.7 Å². The Morgan fingerprint density at radius 3 is 2.74 bits per heavy atom. The highest BCUT2D eigenvalue weighted by atomic mass is 16.5. The molecule has 0 aliphatic carbocycles. The Kier molecular flexibility index (Phi) is 4.88. The number of hydrogen-bond donors (Lipinski definition) is 0. The first-order valence-corrected chi connectivity index (χ1v) is 11.5. The van der Waals surface area contributed by atoms with E-state index in [1.807, 2.05) is 18.0 Å². The third-order valence-corrected chi connectivity index (χ3v) is 7.64. The lowest BCUT2D eigenvalue weighted by atomic mass is 9.64. The van der Waals surface area contributed by atoms with Crippen LogP contribution in [0, 0.1) is 18.3 Å². The molecular formula is C25H33N3O3. The number of rotatable bonds is 2. The van der Waals surface area contributed by atoms with E-state index in [2.05, 4.69) is 44.1 Å². The first kappa shape index (κ1) is 20.6. The number of fused-ring (bicyclic) bond motifs is 3. The van der Waals surface area contributed by atoms with Crippen LogP contribution in [0.15, 0.2) is 30.6 Å². The van der Waals surface area contributed by atoms with Crippen LogP contribution in [0.4, 0.5) is 0 Å². The molecule has 2 fully saturated rings. The molecule has 0 radical (unpaired) electrons. The monoisotopic (exact) mass is 423 g/mol. The van der Waals surface area contributed by atoms with Crippen molar-refractivity contribution in [3.8, 4) is 5.75 Å². The van der Waals surface area contributed by atoms with Crippen molar-refractivity contribution in [2.45, 2.75) is 65.2 Å². The average Bonchev–Trinajstić information content (AvgIpc) is 3.23. The molecule has 2 saturated heterocycles. The van der Waals surface area contributed by atoms with Crippen molar-refractivity contribution in [3.63, 3.8) is 0 Å². The van der Waals surface area contributed by atoms with Gasteiger partial charge >= 0.3 is 0 Å². The molecule has 1 aromatic heterocycles. The minimum atomic E-state index is -0.277. The highest BCUT2D eigenvalue weighted by Gasteiger charge is 2.52. The molecule has 166 valence electrons. The van der Waals surface area contributed by atoms with Crippen LogP contribution in [0.5, 0.6) is 5.75 Å². The largest absolute Gasteiger partial charge is 0.487 e. The van der Waals surface area contributed by atoms with Crippen LogP contribution in [0.25, 0.3) is 0 Å². The molecule has 1 amide bonds. The quantitative estimate of drug-likeness (QED) is 0.719. The zero-order valence-corrected chi connectivity index (χ0v) is 19.1. The SMILES string of the molecule is CCn1cc(C(=O)N2CCC3(CC2)CO[C@@H]2c4ccc(C)cc4OC(C)(C)[C@H]2C3)cn1. The van der Waals surface area contributed by atoms with Crippen LogP contribution in [-0.2, 0) is 11.3 Å². The average molecular weight is 424 g/mol. The maximum Gasteiger partial charge on any atom is 0.257 e. The molecule has 31 heavy (non-hydrogen) atoms. The van der Waals surface area contributed by atoms with Gasteiger partial charge in [0.05, 0.1) is 24.5 Å². The Bertz CT molecular complexity index is 988. The van der Waals surface area contributed by atoms with Crippen molar-refractivity contribution in [3.05, 3.63) is 47.3 Å². The van der Waals surface area contributed by atoms with Crippen LogP contribution >= 0.6 is 0 Å². The molecule has 1 spiro atoms. The number of nitrogens with zero attached hydrogens (tertiary/aromatic N) is 3. The lowest BCUT2D eigenvalue weighted by molar-refractivity contribution is -0.173. The van der Waals surface area contributed by atoms with Gasteiger partial charge in [-0.2, -0.15) is 5.10 Å². The molecule has 3 aliphatic rings. The summed E-state index contributed by atoms with van der Waals surface area (Å²) in [5.74, 6) is 1.37. The molecule has 4 heterocycles. The van der Waals surface area contributed by atoms with Gasteiger partial charge in [0, 0.05) is 37.3 Å². The van der Waals surface area contributed by atoms with Crippen LogP contribution in [0.1, 0.15) is 67.6 Å². The van der Waals surface area contributed by atoms with Gasteiger partial charge in [-0.25, -0.2) is 0 Å². The molecule has 0 unspecified atom stereocenters. The number of carbonyl (C=O) groups is 1. The Hall–Kier alpha value is -2.34. The molecule has 5 rings (SSSR count). The Balaban J connectivity index is 1.30. The maximum atomic E-state index is 12.9. The number of ether oxygens (including phenoxy) is 2. The van der Waals surface area contributed by atoms with Gasteiger partial charge in [0.15, 0.2) is 0 Å². The third-order valence-electron chi connectivity index (χ3n) is 7.64. The van der Waals surface area contributed by atoms with Gasteiger partial charge in [-0.05, 0) is 64.0 Å². The number of amides is 1. The molecule has 3 aliphatic heterocycles. The van der Waals surface area contributed by atoms with E-state index < -0.39 is 0 Å². The third kappa shape index (κ3) is 3.55. The number of aryl methyl sites for hydroxylation is 2. The van der Waals surface area contributed by atoms with Crippen molar-refractivity contribution in [1.82, 2.24) is 14.7 Å². The van der Waals surface area contributed by atoms with Crippen molar-refractivity contribution >= 4 is 5.91 Å². The topological polar surface area (TPSA) is 56.6 Å². The van der Waals surface area contributed by atoms with Crippen molar-refractivity contribution in [1.29, 1.82) is 0 Å². The number of aromatic nitrogens is 2. The van der Waals surface area contributed by atoms with Gasteiger partial charge in [0.25, 0.3) is 5.91 Å². The van der Waals surface area contributed by atoms with Crippen molar-refractivity contribution < 1.29 is 14.3 Å². The lowest BCUT2D eigenvalue weighted by Gasteiger charge is -2.54. The molecule has 2 atom stereocenters. The maximum absolute atomic E-state index is 12.9. The van der Waals surface area contributed by atoms with Gasteiger partial charge in [-0.3, -0.25) is 9.48 Å². The van der Waals surface area contributed by atoms with Gasteiger partial charge < -0.3 is 14.4 Å². The molecule has 6 heteroatoms. The smallest absolute Gasteiger partial charge is 0.257 e. The summed E-state index contributed by atoms with van der Waals surface area (Å²) in [5.41, 5.74) is 2.92. The van der Waals surface area contributed by atoms with Gasteiger partial charge in [0.2, 0.25) is 0 Å². The van der Waals surface area contributed by atoms with E-state index >= 15 is 0 Å². The normalized spacial score (nSPS) is 26.1. The summed E-state index contributed by atoms with van der Waals surface area (Å²) >= 11 is 0. The molecule has 0 bridgehead atoms. The number of likely N-dealkylation sites (tertiary alicyclic amines) is 1. The zero-order valence-electron chi connectivity index (χ0n) is 19.1. The molecule has 0 N–H and O–H groups in total. The number of hydrogen-bond acceptors (Lipinski definition) is 4. The minimum Gasteiger partial charge on any atom is -0.487 e. The molecular weight excluding hydrogens is 390 g/mol. The van der Waals surface area contributed by atoms with E-state index in [0.717, 1.165) is 51.3 Å². The van der Waals surface area contributed by atoms with Crippen LogP contribution in [0.2, 0.25) is 0 Å². The van der Waals surface area contributed by atoms with Gasteiger partial charge in [-0.1, -0.05) is 12.1 Å². The minimum absolute atomic E-state index is 0.0875. The predicted octanol–water partition coefficient (Wildman–Crippen LogP) is 4.38. The van der Waals surface area contributed by atoms with E-state index in [9.17, 15) is 4.79 Å². The van der Waals surface area contributed by atoms with E-state index in [-0.39, 0.29) is 23.0 Å². The van der Waals surface area contributed by atoms with Crippen LogP contribution < -0.4 is 4.74 Å². The van der Waals surface area contributed by atoms with Gasteiger partial charge in [-0.15, -0.1) is 0 Å². The number of piperidine rings is 1. The fourth-order valence-corrected chi connectivity index (χ4v) is 5.62. The van der Waals surface area contributed by atoms with Crippen LogP contribution in [0.3, 0.4) is 0 Å². The highest BCUT2D eigenvalue weighted by molar-refractivity contribution is 5.93. The summed E-state index contributed by atoms with van der Waals surface area (Å²) in [6.07, 6.45) is 6.65. The van der Waals surface area contributed by atoms with Crippen LogP contribution in [-0.4, -0.2) is 45.9 Å². The first-order chi connectivity index (χ1) is 14.8. The van der Waals surface area contributed by atoms with Crippen molar-refractivity contribution in [2.24, 2.45) is 11.3 Å². The Morgan fingerprint density at radius 2 is 2.03 bits per heavy atom. The summed E-state index contributed by atoms with van der Waals surface area (Å²) in [7, 11) is 0. The molecule has 0 saturated carbocycles. The Labute approximate surface area is 184 Å². The summed E-state index contributed by atoms with van der Waals surface area (Å²) in [4.78, 5) is 14.9. The predicted molar refractivity (Wildman–Crippen MR) is 118 cm³/mol. The van der Waals surface area contributed by atoms with E-state index in [4.69, 9.17) is 9.47 Å². The second-order valence-corrected chi connectivity index (χ2v) is 10.2. The standard InChI is InChI=1S/C25H33N3O3/c1-5-28-15-18(14-26-28)23(29)27-10-8-25(9-11-27)13-20-22(30-16-25)19-7-6-17(2)12-21(19)31-24(20,3)4/h6-7,12,14-15,20,22H,5,8-11,13,16H2,1-4H3/t20-,22+/m0/s1. The molecule has 2 aromatic rings. The number of benzene rings is 1. The second kappa shape index (κ2) is 7.37. The lowest BCUT2D eigenvalue weighted by Crippen LogP contribution is -2.54.